The molecule has 202 valence electrons. The zero-order chi connectivity index (χ0) is 26.5. The van der Waals surface area contributed by atoms with Crippen LogP contribution >= 0.6 is 0 Å². The van der Waals surface area contributed by atoms with E-state index in [9.17, 15) is 24.6 Å². The summed E-state index contributed by atoms with van der Waals surface area (Å²) in [6, 6.07) is 0. The Hall–Kier alpha value is -1.97. The molecule has 2 saturated carbocycles. The van der Waals surface area contributed by atoms with Crippen molar-refractivity contribution in [3.05, 3.63) is 11.6 Å². The molecule has 9 unspecified atom stereocenters. The lowest BCUT2D eigenvalue weighted by Gasteiger charge is -2.64. The molecule has 0 bridgehead atoms. The van der Waals surface area contributed by atoms with Gasteiger partial charge in [-0.1, -0.05) is 27.7 Å². The van der Waals surface area contributed by atoms with Crippen molar-refractivity contribution in [3.8, 4) is 0 Å². The lowest BCUT2D eigenvalue weighted by molar-refractivity contribution is -0.257. The Morgan fingerprint density at radius 3 is 2.53 bits per heavy atom. The van der Waals surface area contributed by atoms with Crippen molar-refractivity contribution in [2.75, 3.05) is 19.8 Å². The van der Waals surface area contributed by atoms with Crippen LogP contribution in [0.5, 0.6) is 0 Å². The van der Waals surface area contributed by atoms with E-state index >= 15 is 0 Å². The van der Waals surface area contributed by atoms with E-state index in [2.05, 4.69) is 0 Å². The van der Waals surface area contributed by atoms with Crippen LogP contribution in [0.15, 0.2) is 11.6 Å². The van der Waals surface area contributed by atoms with Gasteiger partial charge in [-0.3, -0.25) is 9.59 Å². The highest BCUT2D eigenvalue weighted by molar-refractivity contribution is 5.85. The van der Waals surface area contributed by atoms with E-state index in [1.54, 1.807) is 0 Å². The summed E-state index contributed by atoms with van der Waals surface area (Å²) in [4.78, 5) is 36.8. The van der Waals surface area contributed by atoms with E-state index in [1.165, 1.54) is 13.0 Å². The first-order valence-electron chi connectivity index (χ1n) is 13.1. The maximum absolute atomic E-state index is 13.0. The molecule has 0 aromatic heterocycles. The summed E-state index contributed by atoms with van der Waals surface area (Å²) in [6.45, 7) is 9.35. The number of carbonyl (C=O) groups excluding carboxylic acids is 3. The highest BCUT2D eigenvalue weighted by Gasteiger charge is 2.77. The topological polar surface area (TPSA) is 132 Å². The van der Waals surface area contributed by atoms with Crippen LogP contribution < -0.4 is 0 Å². The molecule has 0 amide bonds. The van der Waals surface area contributed by atoms with Crippen LogP contribution in [0.4, 0.5) is 0 Å². The number of fused-ring (bicyclic) bond motifs is 2. The Labute approximate surface area is 212 Å². The summed E-state index contributed by atoms with van der Waals surface area (Å²) in [5, 5.41) is 22.3. The monoisotopic (exact) mass is 508 g/mol. The molecule has 2 aliphatic carbocycles. The first kappa shape index (κ1) is 27.1. The van der Waals surface area contributed by atoms with Gasteiger partial charge in [-0.05, 0) is 43.4 Å². The zero-order valence-electron chi connectivity index (χ0n) is 22.0. The number of hydrogen-bond acceptors (Lipinski definition) is 9. The second-order valence-corrected chi connectivity index (χ2v) is 11.6. The van der Waals surface area contributed by atoms with Crippen molar-refractivity contribution in [3.63, 3.8) is 0 Å². The average molecular weight is 509 g/mol. The van der Waals surface area contributed by atoms with E-state index in [4.69, 9.17) is 18.9 Å². The summed E-state index contributed by atoms with van der Waals surface area (Å²) in [5.41, 5.74) is -1.84. The van der Waals surface area contributed by atoms with Crippen molar-refractivity contribution >= 4 is 17.9 Å². The standard InChI is InChI=1S/C27H40O9/c1-6-15(2)24(32)36-20-7-8-26(14-34-26)27(13-28)21(35-17(4)29)9-16(3)25(5,23(20)27)11-19(30)18-10-22(31)33-12-18/h10,15-16,19-21,23,28,30H,6-9,11-14H2,1-5H3. The molecule has 2 aliphatic heterocycles. The van der Waals surface area contributed by atoms with Crippen LogP contribution in [0.1, 0.15) is 66.7 Å². The van der Waals surface area contributed by atoms with Crippen molar-refractivity contribution in [2.45, 2.75) is 90.6 Å². The van der Waals surface area contributed by atoms with Crippen molar-refractivity contribution < 1.29 is 43.5 Å². The maximum Gasteiger partial charge on any atom is 0.331 e. The van der Waals surface area contributed by atoms with E-state index in [0.717, 1.165) is 0 Å². The minimum Gasteiger partial charge on any atom is -0.462 e. The molecule has 0 radical (unpaired) electrons. The van der Waals surface area contributed by atoms with Crippen LogP contribution in [0.2, 0.25) is 0 Å². The normalized spacial score (nSPS) is 41.1. The molecule has 0 aromatic carbocycles. The summed E-state index contributed by atoms with van der Waals surface area (Å²) < 4.78 is 23.1. The number of epoxide rings is 1. The Morgan fingerprint density at radius 1 is 1.31 bits per heavy atom. The molecular formula is C27H40O9. The second-order valence-electron chi connectivity index (χ2n) is 11.6. The number of ether oxygens (including phenoxy) is 4. The smallest absolute Gasteiger partial charge is 0.331 e. The highest BCUT2D eigenvalue weighted by atomic mass is 16.6. The number of carbonyl (C=O) groups is 3. The fourth-order valence-corrected chi connectivity index (χ4v) is 7.22. The summed E-state index contributed by atoms with van der Waals surface area (Å²) >= 11 is 0. The fraction of sp³-hybridized carbons (Fsp3) is 0.815. The Kier molecular flexibility index (Phi) is 7.31. The van der Waals surface area contributed by atoms with Gasteiger partial charge in [0.25, 0.3) is 0 Å². The van der Waals surface area contributed by atoms with Gasteiger partial charge in [0.2, 0.25) is 0 Å². The number of aliphatic hydroxyl groups is 2. The van der Waals surface area contributed by atoms with E-state index in [0.29, 0.717) is 37.9 Å². The largest absolute Gasteiger partial charge is 0.462 e. The lowest BCUT2D eigenvalue weighted by atomic mass is 9.42. The molecule has 0 aromatic rings. The lowest BCUT2D eigenvalue weighted by Crippen LogP contribution is -2.70. The van der Waals surface area contributed by atoms with Gasteiger partial charge in [-0.25, -0.2) is 4.79 Å². The molecule has 9 heteroatoms. The summed E-state index contributed by atoms with van der Waals surface area (Å²) in [7, 11) is 0. The molecule has 2 heterocycles. The van der Waals surface area contributed by atoms with Crippen LogP contribution in [-0.2, 0) is 33.3 Å². The number of rotatable bonds is 8. The third-order valence-electron chi connectivity index (χ3n) is 9.68. The Morgan fingerprint density at radius 2 is 2.00 bits per heavy atom. The van der Waals surface area contributed by atoms with Crippen LogP contribution in [0, 0.1) is 28.6 Å². The van der Waals surface area contributed by atoms with Gasteiger partial charge >= 0.3 is 17.9 Å². The average Bonchev–Trinajstić information content (AvgIpc) is 3.48. The van der Waals surface area contributed by atoms with Crippen molar-refractivity contribution in [1.29, 1.82) is 0 Å². The molecule has 3 fully saturated rings. The van der Waals surface area contributed by atoms with Gasteiger partial charge < -0.3 is 29.2 Å². The van der Waals surface area contributed by atoms with Crippen LogP contribution in [-0.4, -0.2) is 71.9 Å². The minimum atomic E-state index is -1.01. The minimum absolute atomic E-state index is 0.0375. The molecule has 2 N–H and O–H groups in total. The molecule has 4 aliphatic rings. The predicted octanol–water partition coefficient (Wildman–Crippen LogP) is 2.31. The van der Waals surface area contributed by atoms with Crippen molar-refractivity contribution in [1.82, 2.24) is 0 Å². The predicted molar refractivity (Wildman–Crippen MR) is 127 cm³/mol. The fourth-order valence-electron chi connectivity index (χ4n) is 7.22. The SMILES string of the molecule is CCC(C)C(=O)OC1CCC2(CO2)C2(CO)C(OC(C)=O)CC(C)C(C)(CC(O)C3=CC(=O)OC3)C12. The van der Waals surface area contributed by atoms with Gasteiger partial charge in [-0.2, -0.15) is 0 Å². The first-order chi connectivity index (χ1) is 16.9. The molecule has 9 nitrogen and oxygen atoms in total. The molecule has 9 atom stereocenters. The molecule has 36 heavy (non-hydrogen) atoms. The van der Waals surface area contributed by atoms with Gasteiger partial charge in [-0.15, -0.1) is 0 Å². The molecule has 1 spiro atoms. The zero-order valence-corrected chi connectivity index (χ0v) is 22.0. The number of cyclic esters (lactones) is 1. The summed E-state index contributed by atoms with van der Waals surface area (Å²) in [5.74, 6) is -2.03. The van der Waals surface area contributed by atoms with Crippen LogP contribution in [0.3, 0.4) is 0 Å². The van der Waals surface area contributed by atoms with E-state index in [1.807, 2.05) is 27.7 Å². The van der Waals surface area contributed by atoms with Gasteiger partial charge in [0.15, 0.2) is 0 Å². The van der Waals surface area contributed by atoms with Crippen LogP contribution in [0.25, 0.3) is 0 Å². The number of hydrogen-bond donors (Lipinski definition) is 2. The number of aliphatic hydroxyl groups excluding tert-OH is 2. The van der Waals surface area contributed by atoms with Crippen molar-refractivity contribution in [2.24, 2.45) is 28.6 Å². The third-order valence-corrected chi connectivity index (χ3v) is 9.68. The maximum atomic E-state index is 13.0. The van der Waals surface area contributed by atoms with Gasteiger partial charge in [0.1, 0.15) is 24.4 Å². The Bertz CT molecular complexity index is 924. The first-order valence-corrected chi connectivity index (χ1v) is 13.1. The van der Waals surface area contributed by atoms with Gasteiger partial charge in [0.05, 0.1) is 30.7 Å². The quantitative estimate of drug-likeness (QED) is 0.288. The summed E-state index contributed by atoms with van der Waals surface area (Å²) in [6.07, 6.45) is 1.68. The van der Waals surface area contributed by atoms with Gasteiger partial charge in [0, 0.05) is 24.5 Å². The second kappa shape index (κ2) is 9.72. The number of esters is 3. The highest BCUT2D eigenvalue weighted by Crippen LogP contribution is 2.69. The molecule has 4 rings (SSSR count). The molecule has 1 saturated heterocycles. The third kappa shape index (κ3) is 4.27. The van der Waals surface area contributed by atoms with E-state index < -0.39 is 52.6 Å². The molecular weight excluding hydrogens is 468 g/mol. The Balaban J connectivity index is 1.80. The van der Waals surface area contributed by atoms with E-state index in [-0.39, 0.29) is 37.4 Å².